The first-order chi connectivity index (χ1) is 8.99. The van der Waals surface area contributed by atoms with Crippen molar-refractivity contribution >= 4 is 11.6 Å². The first-order valence-electron chi connectivity index (χ1n) is 5.78. The molecule has 5 heteroatoms. The van der Waals surface area contributed by atoms with Gasteiger partial charge in [0.05, 0.1) is 5.56 Å². The summed E-state index contributed by atoms with van der Waals surface area (Å²) in [6.07, 6.45) is 1.35. The number of carbonyl (C=O) groups is 1. The van der Waals surface area contributed by atoms with Gasteiger partial charge in [0.25, 0.3) is 5.91 Å². The number of nitrogens with one attached hydrogen (secondary N) is 2. The molecule has 0 aliphatic rings. The summed E-state index contributed by atoms with van der Waals surface area (Å²) >= 11 is 0. The number of hydrogen-bond acceptors (Lipinski definition) is 3. The third kappa shape index (κ3) is 2.65. The fraction of sp³-hybridized carbons (Fsp3) is 0.143. The average Bonchev–Trinajstić information content (AvgIpc) is 2.40. The predicted octanol–water partition coefficient (Wildman–Crippen LogP) is 1.95. The van der Waals surface area contributed by atoms with Crippen LogP contribution in [0.5, 0.6) is 5.75 Å². The zero-order valence-electron chi connectivity index (χ0n) is 10.7. The number of H-pyrrole nitrogens is 1. The number of hydrogen-bond donors (Lipinski definition) is 3. The van der Waals surface area contributed by atoms with Crippen molar-refractivity contribution in [1.29, 1.82) is 0 Å². The third-order valence-electron chi connectivity index (χ3n) is 2.93. The zero-order valence-corrected chi connectivity index (χ0v) is 10.7. The highest BCUT2D eigenvalue weighted by Crippen LogP contribution is 2.28. The van der Waals surface area contributed by atoms with Gasteiger partial charge in [-0.25, -0.2) is 0 Å². The summed E-state index contributed by atoms with van der Waals surface area (Å²) in [4.78, 5) is 25.3. The minimum Gasteiger partial charge on any atom is -0.507 e. The van der Waals surface area contributed by atoms with Gasteiger partial charge in [-0.3, -0.25) is 9.59 Å². The molecule has 2 aromatic rings. The molecule has 0 saturated carbocycles. The van der Waals surface area contributed by atoms with Crippen molar-refractivity contribution < 1.29 is 9.90 Å². The summed E-state index contributed by atoms with van der Waals surface area (Å²) in [5.41, 5.74) is 1.98. The van der Waals surface area contributed by atoms with Gasteiger partial charge in [-0.2, -0.15) is 0 Å². The van der Waals surface area contributed by atoms with Gasteiger partial charge in [-0.1, -0.05) is 6.07 Å². The van der Waals surface area contributed by atoms with Crippen LogP contribution in [0.15, 0.2) is 35.3 Å². The molecule has 2 rings (SSSR count). The lowest BCUT2D eigenvalue weighted by atomic mass is 10.1. The van der Waals surface area contributed by atoms with Gasteiger partial charge in [-0.05, 0) is 31.5 Å². The molecule has 19 heavy (non-hydrogen) atoms. The van der Waals surface area contributed by atoms with Gasteiger partial charge >= 0.3 is 0 Å². The molecule has 5 nitrogen and oxygen atoms in total. The van der Waals surface area contributed by atoms with E-state index in [-0.39, 0.29) is 17.2 Å². The van der Waals surface area contributed by atoms with Gasteiger partial charge in [-0.15, -0.1) is 0 Å². The lowest BCUT2D eigenvalue weighted by Crippen LogP contribution is -2.15. The first kappa shape index (κ1) is 12.9. The normalized spacial score (nSPS) is 10.2. The van der Waals surface area contributed by atoms with Crippen molar-refractivity contribution in [3.8, 4) is 5.75 Å². The number of phenols is 1. The fourth-order valence-corrected chi connectivity index (χ4v) is 1.72. The minimum atomic E-state index is -0.345. The Hall–Kier alpha value is -2.56. The molecule has 98 valence electrons. The Balaban J connectivity index is 2.27. The van der Waals surface area contributed by atoms with Gasteiger partial charge in [0.2, 0.25) is 5.56 Å². The molecule has 1 amide bonds. The molecule has 0 aliphatic heterocycles. The maximum absolute atomic E-state index is 12.0. The molecule has 0 atom stereocenters. The highest BCUT2D eigenvalue weighted by atomic mass is 16.3. The Labute approximate surface area is 109 Å². The van der Waals surface area contributed by atoms with Crippen LogP contribution < -0.4 is 10.9 Å². The van der Waals surface area contributed by atoms with Crippen molar-refractivity contribution in [3.05, 3.63) is 57.5 Å². The molecule has 0 bridgehead atoms. The quantitative estimate of drug-likeness (QED) is 0.770. The highest BCUT2D eigenvalue weighted by molar-refractivity contribution is 6.04. The Bertz CT molecular complexity index is 669. The van der Waals surface area contributed by atoms with E-state index in [0.717, 1.165) is 5.56 Å². The van der Waals surface area contributed by atoms with Crippen molar-refractivity contribution in [3.63, 3.8) is 0 Å². The maximum Gasteiger partial charge on any atom is 0.257 e. The molecule has 0 fully saturated rings. The second-order valence-corrected chi connectivity index (χ2v) is 4.30. The van der Waals surface area contributed by atoms with Crippen molar-refractivity contribution in [2.24, 2.45) is 0 Å². The standard InChI is InChI=1S/C14H14N2O3/c1-8-3-5-11(9(2)13(8)18)16-14(19)10-4-6-12(17)15-7-10/h3-7,18H,1-2H3,(H,15,17)(H,16,19). The fourth-order valence-electron chi connectivity index (χ4n) is 1.72. The van der Waals surface area contributed by atoms with Gasteiger partial charge in [0.1, 0.15) is 5.75 Å². The SMILES string of the molecule is Cc1ccc(NC(=O)c2ccc(=O)[nH]c2)c(C)c1O. The van der Waals surface area contributed by atoms with Gasteiger partial charge in [0.15, 0.2) is 0 Å². The van der Waals surface area contributed by atoms with E-state index in [2.05, 4.69) is 10.3 Å². The topological polar surface area (TPSA) is 82.2 Å². The van der Waals surface area contributed by atoms with Crippen LogP contribution in [-0.4, -0.2) is 16.0 Å². The Kier molecular flexibility index (Phi) is 3.37. The van der Waals surface area contributed by atoms with E-state index in [1.807, 2.05) is 0 Å². The van der Waals surface area contributed by atoms with Crippen LogP contribution in [0.3, 0.4) is 0 Å². The second kappa shape index (κ2) is 4.97. The number of aromatic nitrogens is 1. The van der Waals surface area contributed by atoms with Gasteiger partial charge < -0.3 is 15.4 Å². The molecule has 0 radical (unpaired) electrons. The van der Waals surface area contributed by atoms with E-state index < -0.39 is 0 Å². The Morgan fingerprint density at radius 3 is 2.58 bits per heavy atom. The number of aromatic hydroxyl groups is 1. The number of phenolic OH excluding ortho intramolecular Hbond substituents is 1. The molecule has 0 spiro atoms. The average molecular weight is 258 g/mol. The second-order valence-electron chi connectivity index (χ2n) is 4.30. The van der Waals surface area contributed by atoms with Crippen LogP contribution in [0, 0.1) is 13.8 Å². The van der Waals surface area contributed by atoms with Crippen LogP contribution >= 0.6 is 0 Å². The summed E-state index contributed by atoms with van der Waals surface area (Å²) in [6.45, 7) is 3.51. The number of aromatic amines is 1. The molecule has 0 aliphatic carbocycles. The molecule has 1 aromatic carbocycles. The van der Waals surface area contributed by atoms with Crippen molar-refractivity contribution in [2.45, 2.75) is 13.8 Å². The summed E-state index contributed by atoms with van der Waals surface area (Å²) in [5, 5.41) is 12.5. The lowest BCUT2D eigenvalue weighted by Gasteiger charge is -2.11. The van der Waals surface area contributed by atoms with Crippen LogP contribution in [0.2, 0.25) is 0 Å². The lowest BCUT2D eigenvalue weighted by molar-refractivity contribution is 0.102. The highest BCUT2D eigenvalue weighted by Gasteiger charge is 2.10. The van der Waals surface area contributed by atoms with E-state index in [9.17, 15) is 14.7 Å². The van der Waals surface area contributed by atoms with Gasteiger partial charge in [0, 0.05) is 23.5 Å². The molecule has 3 N–H and O–H groups in total. The number of carbonyl (C=O) groups excluding carboxylic acids is 1. The van der Waals surface area contributed by atoms with E-state index in [1.165, 1.54) is 18.3 Å². The monoisotopic (exact) mass is 258 g/mol. The third-order valence-corrected chi connectivity index (χ3v) is 2.93. The Morgan fingerprint density at radius 2 is 1.95 bits per heavy atom. The largest absolute Gasteiger partial charge is 0.507 e. The number of anilines is 1. The molecule has 1 aromatic heterocycles. The molecule has 1 heterocycles. The summed E-state index contributed by atoms with van der Waals surface area (Å²) in [6, 6.07) is 6.19. The summed E-state index contributed by atoms with van der Waals surface area (Å²) in [7, 11) is 0. The molecular weight excluding hydrogens is 244 g/mol. The van der Waals surface area contributed by atoms with Crippen LogP contribution in [0.1, 0.15) is 21.5 Å². The van der Waals surface area contributed by atoms with E-state index in [0.29, 0.717) is 16.8 Å². The van der Waals surface area contributed by atoms with Crippen LogP contribution in [-0.2, 0) is 0 Å². The molecular formula is C14H14N2O3. The number of benzene rings is 1. The number of amides is 1. The van der Waals surface area contributed by atoms with E-state index >= 15 is 0 Å². The van der Waals surface area contributed by atoms with Crippen LogP contribution in [0.4, 0.5) is 5.69 Å². The number of pyridine rings is 1. The molecule has 0 saturated heterocycles. The molecule has 0 unspecified atom stereocenters. The summed E-state index contributed by atoms with van der Waals surface area (Å²) in [5.74, 6) is -0.179. The Morgan fingerprint density at radius 1 is 1.21 bits per heavy atom. The van der Waals surface area contributed by atoms with Crippen molar-refractivity contribution in [2.75, 3.05) is 5.32 Å². The number of aryl methyl sites for hydroxylation is 1. The van der Waals surface area contributed by atoms with Crippen molar-refractivity contribution in [1.82, 2.24) is 4.98 Å². The van der Waals surface area contributed by atoms with E-state index in [1.54, 1.807) is 26.0 Å². The zero-order chi connectivity index (χ0) is 14.0. The number of rotatable bonds is 2. The minimum absolute atomic E-state index is 0.166. The first-order valence-corrected chi connectivity index (χ1v) is 5.78. The predicted molar refractivity (Wildman–Crippen MR) is 72.6 cm³/mol. The smallest absolute Gasteiger partial charge is 0.257 e. The maximum atomic E-state index is 12.0. The van der Waals surface area contributed by atoms with Crippen LogP contribution in [0.25, 0.3) is 0 Å². The van der Waals surface area contributed by atoms with E-state index in [4.69, 9.17) is 0 Å². The summed E-state index contributed by atoms with van der Waals surface area (Å²) < 4.78 is 0.